The van der Waals surface area contributed by atoms with E-state index in [1.54, 1.807) is 30.3 Å². The molecule has 1 heterocycles. The molecule has 0 saturated heterocycles. The average Bonchev–Trinajstić information content (AvgIpc) is 2.99. The summed E-state index contributed by atoms with van der Waals surface area (Å²) in [5.74, 6) is -1.04. The molecule has 23 heavy (non-hydrogen) atoms. The number of primary amides is 1. The van der Waals surface area contributed by atoms with E-state index < -0.39 is 11.7 Å². The zero-order valence-electron chi connectivity index (χ0n) is 11.8. The van der Waals surface area contributed by atoms with Gasteiger partial charge < -0.3 is 5.73 Å². The van der Waals surface area contributed by atoms with E-state index in [9.17, 15) is 14.4 Å². The Morgan fingerprint density at radius 2 is 1.87 bits per heavy atom. The molecular weight excluding hydrogens is 297 g/mol. The number of amides is 1. The first-order valence-electron chi connectivity index (χ1n) is 6.62. The van der Waals surface area contributed by atoms with Crippen molar-refractivity contribution >= 4 is 5.91 Å². The van der Waals surface area contributed by atoms with Crippen LogP contribution >= 0.6 is 0 Å². The molecule has 112 valence electrons. The van der Waals surface area contributed by atoms with Crippen LogP contribution < -0.4 is 5.73 Å². The van der Waals surface area contributed by atoms with Gasteiger partial charge in [0.1, 0.15) is 17.6 Å². The maximum atomic E-state index is 14.1. The third-order valence-corrected chi connectivity index (χ3v) is 3.30. The Balaban J connectivity index is 2.18. The lowest BCUT2D eigenvalue weighted by Gasteiger charge is -2.08. The molecule has 0 spiro atoms. The second-order valence-corrected chi connectivity index (χ2v) is 4.70. The number of nitrogens with two attached hydrogens (primary N) is 1. The van der Waals surface area contributed by atoms with Crippen LogP contribution in [0.15, 0.2) is 48.5 Å². The fourth-order valence-corrected chi connectivity index (χ4v) is 2.20. The maximum Gasteiger partial charge on any atom is 0.248 e. The fraction of sp³-hybridized carbons (Fsp3) is 0. The van der Waals surface area contributed by atoms with E-state index in [4.69, 9.17) is 5.73 Å². The maximum absolute atomic E-state index is 14.1. The van der Waals surface area contributed by atoms with E-state index in [2.05, 4.69) is 10.3 Å². The Morgan fingerprint density at radius 3 is 2.48 bits per heavy atom. The molecule has 7 heteroatoms. The highest BCUT2D eigenvalue weighted by molar-refractivity contribution is 5.92. The molecular formula is C16H10FN5O. The number of nitriles is 1. The SMILES string of the molecule is N#Cc1nnn(-c2ccc(C(N)=O)cc2)c1-c1ccccc1F. The second kappa shape index (κ2) is 5.69. The highest BCUT2D eigenvalue weighted by Crippen LogP contribution is 2.27. The van der Waals surface area contributed by atoms with Crippen molar-refractivity contribution < 1.29 is 9.18 Å². The average molecular weight is 307 g/mol. The van der Waals surface area contributed by atoms with Crippen molar-refractivity contribution in [1.29, 1.82) is 5.26 Å². The summed E-state index contributed by atoms with van der Waals surface area (Å²) in [7, 11) is 0. The van der Waals surface area contributed by atoms with Gasteiger partial charge in [-0.3, -0.25) is 4.79 Å². The quantitative estimate of drug-likeness (QED) is 0.800. The lowest BCUT2D eigenvalue weighted by atomic mass is 10.1. The zero-order valence-corrected chi connectivity index (χ0v) is 11.8. The molecule has 3 rings (SSSR count). The third-order valence-electron chi connectivity index (χ3n) is 3.30. The first kappa shape index (κ1) is 14.4. The molecule has 6 nitrogen and oxygen atoms in total. The smallest absolute Gasteiger partial charge is 0.248 e. The molecule has 0 radical (unpaired) electrons. The lowest BCUT2D eigenvalue weighted by molar-refractivity contribution is 0.100. The van der Waals surface area contributed by atoms with Gasteiger partial charge in [0, 0.05) is 11.1 Å². The van der Waals surface area contributed by atoms with E-state index in [0.29, 0.717) is 11.3 Å². The molecule has 0 unspecified atom stereocenters. The van der Waals surface area contributed by atoms with E-state index in [-0.39, 0.29) is 17.0 Å². The Morgan fingerprint density at radius 1 is 1.17 bits per heavy atom. The van der Waals surface area contributed by atoms with Crippen molar-refractivity contribution in [3.63, 3.8) is 0 Å². The predicted octanol–water partition coefficient (Wildman–Crippen LogP) is 2.04. The number of halogens is 1. The molecule has 0 aliphatic rings. The van der Waals surface area contributed by atoms with Gasteiger partial charge >= 0.3 is 0 Å². The Bertz CT molecular complexity index is 924. The van der Waals surface area contributed by atoms with Gasteiger partial charge in [0.2, 0.25) is 5.91 Å². The predicted molar refractivity (Wildman–Crippen MR) is 80.0 cm³/mol. The molecule has 0 aliphatic heterocycles. The summed E-state index contributed by atoms with van der Waals surface area (Å²) in [5, 5.41) is 16.9. The molecule has 0 atom stereocenters. The van der Waals surface area contributed by atoms with Crippen LogP contribution in [-0.4, -0.2) is 20.9 Å². The molecule has 0 bridgehead atoms. The highest BCUT2D eigenvalue weighted by atomic mass is 19.1. The highest BCUT2D eigenvalue weighted by Gasteiger charge is 2.19. The number of carbonyl (C=O) groups is 1. The van der Waals surface area contributed by atoms with Gasteiger partial charge in [-0.2, -0.15) is 5.26 Å². The fourth-order valence-electron chi connectivity index (χ4n) is 2.20. The van der Waals surface area contributed by atoms with Gasteiger partial charge in [0.25, 0.3) is 0 Å². The molecule has 2 aromatic carbocycles. The minimum atomic E-state index is -0.554. The minimum absolute atomic E-state index is 0.00841. The molecule has 3 aromatic rings. The summed E-state index contributed by atoms with van der Waals surface area (Å²) in [6.07, 6.45) is 0. The van der Waals surface area contributed by atoms with Crippen LogP contribution in [0.5, 0.6) is 0 Å². The van der Waals surface area contributed by atoms with Crippen LogP contribution in [0.4, 0.5) is 4.39 Å². The van der Waals surface area contributed by atoms with Gasteiger partial charge in [0.05, 0.1) is 5.69 Å². The number of carbonyl (C=O) groups excluding carboxylic acids is 1. The van der Waals surface area contributed by atoms with Crippen LogP contribution in [0, 0.1) is 17.1 Å². The molecule has 0 fully saturated rings. The standard InChI is InChI=1S/C16H10FN5O/c17-13-4-2-1-3-12(13)15-14(9-18)20-21-22(15)11-7-5-10(6-8-11)16(19)23/h1-8H,(H2,19,23). The van der Waals surface area contributed by atoms with E-state index in [1.165, 1.54) is 22.9 Å². The molecule has 0 aliphatic carbocycles. The van der Waals surface area contributed by atoms with Crippen molar-refractivity contribution in [1.82, 2.24) is 15.0 Å². The largest absolute Gasteiger partial charge is 0.366 e. The van der Waals surface area contributed by atoms with Crippen LogP contribution in [0.2, 0.25) is 0 Å². The van der Waals surface area contributed by atoms with Crippen LogP contribution in [0.25, 0.3) is 16.9 Å². The number of benzene rings is 2. The third kappa shape index (κ3) is 2.53. The monoisotopic (exact) mass is 307 g/mol. The summed E-state index contributed by atoms with van der Waals surface area (Å²) < 4.78 is 15.4. The van der Waals surface area contributed by atoms with Crippen molar-refractivity contribution in [2.45, 2.75) is 0 Å². The van der Waals surface area contributed by atoms with Gasteiger partial charge in [-0.05, 0) is 36.4 Å². The van der Waals surface area contributed by atoms with E-state index in [0.717, 1.165) is 0 Å². The Hall–Kier alpha value is -3.53. The number of rotatable bonds is 3. The number of aromatic nitrogens is 3. The van der Waals surface area contributed by atoms with Gasteiger partial charge in [-0.1, -0.05) is 17.3 Å². The number of nitrogens with zero attached hydrogens (tertiary/aromatic N) is 4. The molecule has 1 aromatic heterocycles. The second-order valence-electron chi connectivity index (χ2n) is 4.70. The number of hydrogen-bond donors (Lipinski definition) is 1. The van der Waals surface area contributed by atoms with Crippen LogP contribution in [0.1, 0.15) is 16.1 Å². The lowest BCUT2D eigenvalue weighted by Crippen LogP contribution is -2.11. The van der Waals surface area contributed by atoms with Crippen molar-refractivity contribution in [2.75, 3.05) is 0 Å². The van der Waals surface area contributed by atoms with E-state index >= 15 is 0 Å². The molecule has 1 amide bonds. The van der Waals surface area contributed by atoms with Crippen molar-refractivity contribution in [3.05, 3.63) is 65.6 Å². The zero-order chi connectivity index (χ0) is 16.4. The van der Waals surface area contributed by atoms with Gasteiger partial charge in [-0.15, -0.1) is 5.10 Å². The first-order chi connectivity index (χ1) is 11.1. The van der Waals surface area contributed by atoms with Crippen LogP contribution in [0.3, 0.4) is 0 Å². The minimum Gasteiger partial charge on any atom is -0.366 e. The summed E-state index contributed by atoms with van der Waals surface area (Å²) >= 11 is 0. The summed E-state index contributed by atoms with van der Waals surface area (Å²) in [4.78, 5) is 11.1. The summed E-state index contributed by atoms with van der Waals surface area (Å²) in [6.45, 7) is 0. The van der Waals surface area contributed by atoms with Gasteiger partial charge in [0.15, 0.2) is 5.69 Å². The Labute approximate surface area is 130 Å². The first-order valence-corrected chi connectivity index (χ1v) is 6.62. The number of hydrogen-bond acceptors (Lipinski definition) is 4. The topological polar surface area (TPSA) is 97.6 Å². The molecule has 2 N–H and O–H groups in total. The van der Waals surface area contributed by atoms with Crippen LogP contribution in [-0.2, 0) is 0 Å². The Kier molecular flexibility index (Phi) is 3.57. The van der Waals surface area contributed by atoms with E-state index in [1.807, 2.05) is 6.07 Å². The van der Waals surface area contributed by atoms with Gasteiger partial charge in [-0.25, -0.2) is 9.07 Å². The normalized spacial score (nSPS) is 10.3. The van der Waals surface area contributed by atoms with Crippen molar-refractivity contribution in [3.8, 4) is 23.0 Å². The summed E-state index contributed by atoms with van der Waals surface area (Å²) in [5.41, 5.74) is 6.54. The van der Waals surface area contributed by atoms with Crippen molar-refractivity contribution in [2.24, 2.45) is 5.73 Å². The molecule has 0 saturated carbocycles. The summed E-state index contributed by atoms with van der Waals surface area (Å²) in [6, 6.07) is 14.2.